The first-order valence-corrected chi connectivity index (χ1v) is 9.11. The van der Waals surface area contributed by atoms with Gasteiger partial charge in [-0.2, -0.15) is 15.0 Å². The molecule has 4 rings (SSSR count). The van der Waals surface area contributed by atoms with Crippen LogP contribution in [-0.4, -0.2) is 36.4 Å². The van der Waals surface area contributed by atoms with Crippen molar-refractivity contribution < 1.29 is 4.74 Å². The number of rotatable bonds is 5. The van der Waals surface area contributed by atoms with Crippen LogP contribution >= 0.6 is 0 Å². The lowest BCUT2D eigenvalue weighted by Crippen LogP contribution is -2.30. The summed E-state index contributed by atoms with van der Waals surface area (Å²) in [5.74, 6) is 2.40. The largest absolute Gasteiger partial charge is 0.481 e. The van der Waals surface area contributed by atoms with Crippen molar-refractivity contribution in [1.29, 1.82) is 0 Å². The third kappa shape index (κ3) is 3.66. The predicted octanol–water partition coefficient (Wildman–Crippen LogP) is 2.83. The second-order valence-electron chi connectivity index (χ2n) is 7.17. The van der Waals surface area contributed by atoms with Gasteiger partial charge in [0.1, 0.15) is 5.82 Å². The molecular weight excluding hydrogens is 368 g/mol. The molecule has 0 spiro atoms. The van der Waals surface area contributed by atoms with E-state index >= 15 is 0 Å². The first kappa shape index (κ1) is 18.6. The Morgan fingerprint density at radius 1 is 1.07 bits per heavy atom. The van der Waals surface area contributed by atoms with Gasteiger partial charge in [0.25, 0.3) is 0 Å². The Kier molecular flexibility index (Phi) is 4.50. The van der Waals surface area contributed by atoms with E-state index in [0.717, 1.165) is 22.6 Å². The number of anilines is 2. The average Bonchev–Trinajstić information content (AvgIpc) is 3.07. The van der Waals surface area contributed by atoms with Gasteiger partial charge in [-0.1, -0.05) is 6.07 Å². The lowest BCUT2D eigenvalue weighted by Gasteiger charge is -2.26. The molecule has 0 radical (unpaired) electrons. The molecule has 0 aliphatic rings. The van der Waals surface area contributed by atoms with Gasteiger partial charge in [0.15, 0.2) is 5.82 Å². The monoisotopic (exact) mass is 390 g/mol. The van der Waals surface area contributed by atoms with Crippen LogP contribution in [0.1, 0.15) is 25.4 Å². The molecule has 0 amide bonds. The summed E-state index contributed by atoms with van der Waals surface area (Å²) in [6, 6.07) is 9.50. The van der Waals surface area contributed by atoms with Crippen molar-refractivity contribution in [3.05, 3.63) is 54.2 Å². The molecule has 0 bridgehead atoms. The smallest absolute Gasteiger partial charge is 0.228 e. The number of aromatic nitrogens is 6. The second-order valence-corrected chi connectivity index (χ2v) is 7.17. The van der Waals surface area contributed by atoms with Crippen LogP contribution in [-0.2, 0) is 5.54 Å². The van der Waals surface area contributed by atoms with Gasteiger partial charge < -0.3 is 20.2 Å². The molecule has 0 saturated heterocycles. The topological polar surface area (TPSA) is 116 Å². The molecule has 29 heavy (non-hydrogen) atoms. The zero-order valence-corrected chi connectivity index (χ0v) is 16.7. The van der Waals surface area contributed by atoms with Crippen molar-refractivity contribution in [2.24, 2.45) is 0 Å². The van der Waals surface area contributed by atoms with Crippen LogP contribution in [0.25, 0.3) is 16.9 Å². The molecule has 148 valence electrons. The zero-order valence-electron chi connectivity index (χ0n) is 16.7. The number of pyridine rings is 2. The van der Waals surface area contributed by atoms with Crippen LogP contribution < -0.4 is 15.8 Å². The number of hydrogen-bond donors (Lipinski definition) is 2. The third-order valence-electron chi connectivity index (χ3n) is 4.62. The van der Waals surface area contributed by atoms with E-state index in [9.17, 15) is 0 Å². The second kappa shape index (κ2) is 7.01. The maximum Gasteiger partial charge on any atom is 0.228 e. The van der Waals surface area contributed by atoms with E-state index in [2.05, 4.69) is 30.2 Å². The Labute approximate surface area is 168 Å². The van der Waals surface area contributed by atoms with Crippen molar-refractivity contribution in [2.75, 3.05) is 18.2 Å². The van der Waals surface area contributed by atoms with Gasteiger partial charge in [0.05, 0.1) is 30.1 Å². The minimum atomic E-state index is -0.565. The molecule has 0 aliphatic heterocycles. The van der Waals surface area contributed by atoms with Gasteiger partial charge >= 0.3 is 0 Å². The molecule has 4 heterocycles. The highest BCUT2D eigenvalue weighted by atomic mass is 16.5. The molecule has 0 atom stereocenters. The van der Waals surface area contributed by atoms with Gasteiger partial charge in [-0.05, 0) is 39.0 Å². The van der Waals surface area contributed by atoms with Crippen molar-refractivity contribution in [2.45, 2.75) is 26.3 Å². The predicted molar refractivity (Wildman–Crippen MR) is 111 cm³/mol. The first-order valence-electron chi connectivity index (χ1n) is 9.11. The highest BCUT2D eigenvalue weighted by Crippen LogP contribution is 2.26. The van der Waals surface area contributed by atoms with Gasteiger partial charge in [-0.25, -0.2) is 9.97 Å². The minimum Gasteiger partial charge on any atom is -0.481 e. The van der Waals surface area contributed by atoms with Crippen LogP contribution in [0.3, 0.4) is 0 Å². The summed E-state index contributed by atoms with van der Waals surface area (Å²) in [7, 11) is 1.59. The number of aryl methyl sites for hydroxylation is 1. The highest BCUT2D eigenvalue weighted by molar-refractivity contribution is 5.61. The summed E-state index contributed by atoms with van der Waals surface area (Å²) in [5.41, 5.74) is 8.00. The van der Waals surface area contributed by atoms with E-state index in [4.69, 9.17) is 10.5 Å². The summed E-state index contributed by atoms with van der Waals surface area (Å²) in [5, 5.41) is 3.30. The van der Waals surface area contributed by atoms with Crippen molar-refractivity contribution >= 4 is 17.4 Å². The van der Waals surface area contributed by atoms with Crippen LogP contribution in [0, 0.1) is 6.92 Å². The van der Waals surface area contributed by atoms with E-state index in [1.165, 1.54) is 0 Å². The van der Waals surface area contributed by atoms with Crippen molar-refractivity contribution in [1.82, 2.24) is 29.3 Å². The lowest BCUT2D eigenvalue weighted by molar-refractivity contribution is 0.392. The van der Waals surface area contributed by atoms with Crippen LogP contribution in [0.4, 0.5) is 11.9 Å². The fourth-order valence-electron chi connectivity index (χ4n) is 3.05. The molecule has 4 aromatic heterocycles. The summed E-state index contributed by atoms with van der Waals surface area (Å²) < 4.78 is 7.21. The molecule has 4 aromatic rings. The highest BCUT2D eigenvalue weighted by Gasteiger charge is 2.24. The number of imidazole rings is 1. The fourth-order valence-corrected chi connectivity index (χ4v) is 3.05. The Balaban J connectivity index is 1.69. The van der Waals surface area contributed by atoms with Crippen LogP contribution in [0.15, 0.2) is 42.7 Å². The Hall–Kier alpha value is -3.75. The molecule has 9 nitrogen and oxygen atoms in total. The molecule has 3 N–H and O–H groups in total. The van der Waals surface area contributed by atoms with E-state index in [-0.39, 0.29) is 5.95 Å². The van der Waals surface area contributed by atoms with Gasteiger partial charge in [-0.3, -0.25) is 0 Å². The number of methoxy groups -OCH3 is 1. The summed E-state index contributed by atoms with van der Waals surface area (Å²) >= 11 is 0. The molecule has 0 fully saturated rings. The Bertz CT molecular complexity index is 1180. The Morgan fingerprint density at radius 2 is 1.90 bits per heavy atom. The summed E-state index contributed by atoms with van der Waals surface area (Å²) in [4.78, 5) is 21.9. The van der Waals surface area contributed by atoms with E-state index in [1.54, 1.807) is 13.2 Å². The van der Waals surface area contributed by atoms with Gasteiger partial charge in [0, 0.05) is 17.8 Å². The van der Waals surface area contributed by atoms with E-state index in [1.807, 2.05) is 61.8 Å². The fraction of sp³-hybridized carbons (Fsp3) is 0.250. The molecule has 0 saturated carbocycles. The number of nitrogen functional groups attached to an aromatic ring is 1. The number of fused-ring (bicyclic) bond motifs is 1. The zero-order chi connectivity index (χ0) is 20.6. The molecular formula is C20H22N8O. The minimum absolute atomic E-state index is 0.134. The SMILES string of the molecule is COc1cccc(C(C)(C)Nc2nc(N)nc(-c3ccc4cnc(C)n4c3)n2)n1. The first-order chi connectivity index (χ1) is 13.9. The summed E-state index contributed by atoms with van der Waals surface area (Å²) in [6.45, 7) is 5.90. The molecule has 0 aromatic carbocycles. The maximum absolute atomic E-state index is 5.97. The molecule has 0 unspecified atom stereocenters. The number of nitrogens with two attached hydrogens (primary N) is 1. The quantitative estimate of drug-likeness (QED) is 0.534. The van der Waals surface area contributed by atoms with Gasteiger partial charge in [0.2, 0.25) is 17.8 Å². The Morgan fingerprint density at radius 3 is 2.69 bits per heavy atom. The van der Waals surface area contributed by atoms with Crippen molar-refractivity contribution in [3.63, 3.8) is 0 Å². The number of ether oxygens (including phenoxy) is 1. The number of hydrogen-bond acceptors (Lipinski definition) is 8. The van der Waals surface area contributed by atoms with E-state index in [0.29, 0.717) is 17.7 Å². The third-order valence-corrected chi connectivity index (χ3v) is 4.62. The number of nitrogens with zero attached hydrogens (tertiary/aromatic N) is 6. The molecule has 0 aliphatic carbocycles. The van der Waals surface area contributed by atoms with E-state index < -0.39 is 5.54 Å². The van der Waals surface area contributed by atoms with Gasteiger partial charge in [-0.15, -0.1) is 0 Å². The summed E-state index contributed by atoms with van der Waals surface area (Å²) in [6.07, 6.45) is 3.75. The standard InChI is InChI=1S/C20H22N8O/c1-12-22-10-14-9-8-13(11-28(12)14)17-24-18(21)26-19(25-17)27-20(2,3)15-6-5-7-16(23-15)29-4/h5-11H,1-4H3,(H3,21,24,25,26,27). The molecule has 9 heteroatoms. The average molecular weight is 390 g/mol. The number of nitrogens with one attached hydrogen (secondary N) is 1. The maximum atomic E-state index is 5.97. The van der Waals surface area contributed by atoms with Crippen LogP contribution in [0.2, 0.25) is 0 Å². The van der Waals surface area contributed by atoms with Crippen molar-refractivity contribution in [3.8, 4) is 17.3 Å². The van der Waals surface area contributed by atoms with Crippen LogP contribution in [0.5, 0.6) is 5.88 Å². The lowest BCUT2D eigenvalue weighted by atomic mass is 10.0. The normalized spacial score (nSPS) is 11.6.